The maximum Gasteiger partial charge on any atom is 0.304 e. The molecular formula is C29H35Cl2NO6S. The Morgan fingerprint density at radius 3 is 2.38 bits per heavy atom. The molecule has 0 spiro atoms. The van der Waals surface area contributed by atoms with E-state index < -0.39 is 38.6 Å². The van der Waals surface area contributed by atoms with Gasteiger partial charge in [-0.2, -0.15) is 0 Å². The van der Waals surface area contributed by atoms with Gasteiger partial charge in [-0.15, -0.1) is 0 Å². The second kappa shape index (κ2) is 12.2. The molecule has 2 saturated heterocycles. The Hall–Kier alpha value is -2.13. The van der Waals surface area contributed by atoms with E-state index in [2.05, 4.69) is 0 Å². The quantitative estimate of drug-likeness (QED) is 0.387. The van der Waals surface area contributed by atoms with Crippen LogP contribution in [0.15, 0.2) is 48.5 Å². The number of likely N-dealkylation sites (tertiary alicyclic amines) is 1. The molecule has 2 fully saturated rings. The first kappa shape index (κ1) is 29.8. The van der Waals surface area contributed by atoms with E-state index in [0.29, 0.717) is 42.5 Å². The summed E-state index contributed by atoms with van der Waals surface area (Å²) in [4.78, 5) is 27.8. The number of halogens is 2. The number of aliphatic carboxylic acids is 1. The van der Waals surface area contributed by atoms with Gasteiger partial charge in [-0.1, -0.05) is 54.4 Å². The summed E-state index contributed by atoms with van der Waals surface area (Å²) < 4.78 is 31.7. The van der Waals surface area contributed by atoms with E-state index in [9.17, 15) is 23.1 Å². The Kier molecular flexibility index (Phi) is 9.31. The van der Waals surface area contributed by atoms with Crippen LogP contribution in [-0.2, 0) is 24.2 Å². The molecule has 0 saturated carbocycles. The number of carbonyl (C=O) groups is 2. The van der Waals surface area contributed by atoms with Crippen molar-refractivity contribution in [2.24, 2.45) is 5.41 Å². The minimum atomic E-state index is -3.39. The molecule has 0 aromatic heterocycles. The van der Waals surface area contributed by atoms with Crippen LogP contribution in [0.2, 0.25) is 10.0 Å². The molecule has 1 amide bonds. The topological polar surface area (TPSA) is 101 Å². The fourth-order valence-corrected chi connectivity index (χ4v) is 8.28. The first-order chi connectivity index (χ1) is 18.4. The van der Waals surface area contributed by atoms with Crippen LogP contribution in [0.4, 0.5) is 0 Å². The second-order valence-corrected chi connectivity index (χ2v) is 14.3. The average Bonchev–Trinajstić information content (AvgIpc) is 2.89. The van der Waals surface area contributed by atoms with E-state index in [1.54, 1.807) is 30.0 Å². The summed E-state index contributed by atoms with van der Waals surface area (Å²) in [5.74, 6) is -1.69. The number of hydrogen-bond acceptors (Lipinski definition) is 5. The van der Waals surface area contributed by atoms with Gasteiger partial charge in [0.15, 0.2) is 9.84 Å². The van der Waals surface area contributed by atoms with E-state index in [0.717, 1.165) is 11.1 Å². The summed E-state index contributed by atoms with van der Waals surface area (Å²) in [6, 6.07) is 13.7. The zero-order valence-corrected chi connectivity index (χ0v) is 24.5. The van der Waals surface area contributed by atoms with Crippen molar-refractivity contribution < 1.29 is 27.9 Å². The van der Waals surface area contributed by atoms with E-state index >= 15 is 0 Å². The predicted octanol–water partition coefficient (Wildman–Crippen LogP) is 5.90. The molecule has 2 aromatic rings. The Morgan fingerprint density at radius 1 is 1.10 bits per heavy atom. The molecule has 10 heteroatoms. The van der Waals surface area contributed by atoms with Crippen LogP contribution in [0.3, 0.4) is 0 Å². The first-order valence-electron chi connectivity index (χ1n) is 13.3. The van der Waals surface area contributed by atoms with Crippen molar-refractivity contribution in [2.75, 3.05) is 19.0 Å². The number of benzene rings is 2. The Bertz CT molecular complexity index is 1300. The normalized spacial score (nSPS) is 25.4. The zero-order chi connectivity index (χ0) is 28.4. The van der Waals surface area contributed by atoms with Crippen molar-refractivity contribution in [1.29, 1.82) is 0 Å². The van der Waals surface area contributed by atoms with E-state index in [1.807, 2.05) is 37.3 Å². The molecule has 7 nitrogen and oxygen atoms in total. The maximum atomic E-state index is 14.2. The van der Waals surface area contributed by atoms with Gasteiger partial charge in [-0.05, 0) is 68.0 Å². The molecule has 2 heterocycles. The largest absolute Gasteiger partial charge is 0.481 e. The van der Waals surface area contributed by atoms with E-state index in [1.165, 1.54) is 0 Å². The molecule has 1 N–H and O–H groups in total. The van der Waals surface area contributed by atoms with Crippen LogP contribution in [0.5, 0.6) is 0 Å². The number of nitrogens with zero attached hydrogens (tertiary/aromatic N) is 1. The second-order valence-electron chi connectivity index (χ2n) is 11.0. The van der Waals surface area contributed by atoms with Gasteiger partial charge >= 0.3 is 5.97 Å². The molecule has 4 unspecified atom stereocenters. The monoisotopic (exact) mass is 595 g/mol. The third kappa shape index (κ3) is 6.79. The summed E-state index contributed by atoms with van der Waals surface area (Å²) in [6.07, 6.45) is 1.15. The van der Waals surface area contributed by atoms with E-state index in [-0.39, 0.29) is 30.4 Å². The molecule has 2 aliphatic heterocycles. The van der Waals surface area contributed by atoms with Gasteiger partial charge in [0, 0.05) is 35.2 Å². The van der Waals surface area contributed by atoms with Crippen molar-refractivity contribution in [3.63, 3.8) is 0 Å². The summed E-state index contributed by atoms with van der Waals surface area (Å²) in [5, 5.41) is 10.4. The fraction of sp³-hybridized carbons (Fsp3) is 0.517. The average molecular weight is 597 g/mol. The van der Waals surface area contributed by atoms with Gasteiger partial charge in [0.2, 0.25) is 5.91 Å². The molecule has 4 rings (SSSR count). The smallest absolute Gasteiger partial charge is 0.304 e. The molecule has 2 aliphatic rings. The molecule has 2 aromatic carbocycles. The summed E-state index contributed by atoms with van der Waals surface area (Å²) >= 11 is 12.6. The maximum absolute atomic E-state index is 14.2. The SMILES string of the molecule is CC(CCS(=O)(=O)C1CCOCC1)N1C(=O)C(C)(CC(=O)O)CC(c2cccc(Cl)c2)C1c1ccc(Cl)cc1. The van der Waals surface area contributed by atoms with Crippen molar-refractivity contribution >= 4 is 44.9 Å². The number of hydrogen-bond donors (Lipinski definition) is 1. The third-order valence-electron chi connectivity index (χ3n) is 8.10. The predicted molar refractivity (Wildman–Crippen MR) is 152 cm³/mol. The Morgan fingerprint density at radius 2 is 1.77 bits per heavy atom. The number of sulfone groups is 1. The van der Waals surface area contributed by atoms with Crippen molar-refractivity contribution in [2.45, 2.75) is 69.2 Å². The summed E-state index contributed by atoms with van der Waals surface area (Å²) in [7, 11) is -3.39. The van der Waals surface area contributed by atoms with Gasteiger partial charge in [0.1, 0.15) is 0 Å². The first-order valence-corrected chi connectivity index (χ1v) is 15.7. The van der Waals surface area contributed by atoms with Crippen LogP contribution in [0.1, 0.15) is 69.0 Å². The standard InChI is InChI=1S/C29H35Cl2NO6S/c1-19(12-15-39(36,37)24-10-13-38-14-11-24)32-27(20-6-8-22(30)9-7-20)25(21-4-3-5-23(31)16-21)17-29(2,28(32)35)18-26(33)34/h3-9,16,19,24-25,27H,10-15,17-18H2,1-2H3,(H,33,34). The zero-order valence-electron chi connectivity index (χ0n) is 22.2. The molecule has 4 atom stereocenters. The Labute approximate surface area is 240 Å². The van der Waals surface area contributed by atoms with Crippen molar-refractivity contribution in [3.05, 3.63) is 69.7 Å². The van der Waals surface area contributed by atoms with Crippen LogP contribution < -0.4 is 0 Å². The number of carboxylic acid groups (broad SMARTS) is 1. The minimum Gasteiger partial charge on any atom is -0.481 e. The molecule has 212 valence electrons. The number of carboxylic acids is 1. The highest BCUT2D eigenvalue weighted by atomic mass is 35.5. The van der Waals surface area contributed by atoms with Gasteiger partial charge < -0.3 is 14.7 Å². The minimum absolute atomic E-state index is 0.0621. The van der Waals surface area contributed by atoms with Gasteiger partial charge in [0.25, 0.3) is 0 Å². The van der Waals surface area contributed by atoms with Crippen LogP contribution in [0.25, 0.3) is 0 Å². The number of rotatable bonds is 9. The summed E-state index contributed by atoms with van der Waals surface area (Å²) in [6.45, 7) is 4.40. The van der Waals surface area contributed by atoms with Crippen LogP contribution >= 0.6 is 23.2 Å². The molecule has 0 aliphatic carbocycles. The van der Waals surface area contributed by atoms with Crippen molar-refractivity contribution in [3.8, 4) is 0 Å². The van der Waals surface area contributed by atoms with Gasteiger partial charge in [-0.3, -0.25) is 9.59 Å². The molecule has 0 bridgehead atoms. The fourth-order valence-electron chi connectivity index (χ4n) is 6.04. The lowest BCUT2D eigenvalue weighted by Crippen LogP contribution is -2.55. The molecule has 0 radical (unpaired) electrons. The molecular weight excluding hydrogens is 561 g/mol. The van der Waals surface area contributed by atoms with Gasteiger partial charge in [-0.25, -0.2) is 8.42 Å². The highest BCUT2D eigenvalue weighted by molar-refractivity contribution is 7.92. The molecule has 39 heavy (non-hydrogen) atoms. The van der Waals surface area contributed by atoms with E-state index in [4.69, 9.17) is 27.9 Å². The van der Waals surface area contributed by atoms with Crippen LogP contribution in [0, 0.1) is 5.41 Å². The number of amides is 1. The number of ether oxygens (including phenoxy) is 1. The lowest BCUT2D eigenvalue weighted by atomic mass is 9.67. The van der Waals surface area contributed by atoms with Crippen LogP contribution in [-0.4, -0.2) is 60.6 Å². The number of carbonyl (C=O) groups excluding carboxylic acids is 1. The lowest BCUT2D eigenvalue weighted by molar-refractivity contribution is -0.160. The van der Waals surface area contributed by atoms with Crippen molar-refractivity contribution in [1.82, 2.24) is 4.90 Å². The van der Waals surface area contributed by atoms with Gasteiger partial charge in [0.05, 0.1) is 28.9 Å². The lowest BCUT2D eigenvalue weighted by Gasteiger charge is -2.51. The highest BCUT2D eigenvalue weighted by Gasteiger charge is 2.52. The number of piperidine rings is 1. The highest BCUT2D eigenvalue weighted by Crippen LogP contribution is 2.52. The third-order valence-corrected chi connectivity index (χ3v) is 10.9. The summed E-state index contributed by atoms with van der Waals surface area (Å²) in [5.41, 5.74) is 0.545. The Balaban J connectivity index is 1.75.